The normalized spacial score (nSPS) is 26.3. The number of halogens is 1. The number of phenolic OH excluding ortho intramolecular Hbond substituents is 1. The fraction of sp³-hybridized carbons (Fsp3) is 0.286. The van der Waals surface area contributed by atoms with Crippen LogP contribution in [0.3, 0.4) is 0 Å². The highest BCUT2D eigenvalue weighted by Crippen LogP contribution is 2.53. The second kappa shape index (κ2) is 8.85. The van der Waals surface area contributed by atoms with E-state index in [4.69, 9.17) is 5.73 Å². The number of phenols is 1. The summed E-state index contributed by atoms with van der Waals surface area (Å²) in [5.74, 6) is -8.12. The molecule has 2 aromatic carbocycles. The zero-order valence-electron chi connectivity index (χ0n) is 20.9. The van der Waals surface area contributed by atoms with Crippen molar-refractivity contribution in [3.8, 4) is 16.9 Å². The molecule has 3 aliphatic rings. The lowest BCUT2D eigenvalue weighted by Crippen LogP contribution is -2.63. The number of hydrogen-bond donors (Lipinski definition) is 5. The highest BCUT2D eigenvalue weighted by Gasteiger charge is 2.63. The molecule has 0 heterocycles. The summed E-state index contributed by atoms with van der Waals surface area (Å²) in [5.41, 5.74) is 2.30. The number of ketones is 2. The standard InChI is InChI=1S/C28H25FN2O8/c1-31(2)22-16-9-12-8-15-14(11-3-5-17(29)13(7-11)10-32)4-6-18(33)20(15)23(34)19(12)25(36)28(16,39)26(37)21(24(22)35)27(30)38/h3-7,10,12,16,22,33,35-36,39H,8-9H2,1-2H3,(H2,30,38)/t12-,16+,22-,28-/m1/s1. The van der Waals surface area contributed by atoms with Gasteiger partial charge in [-0.05, 0) is 67.7 Å². The Hall–Kier alpha value is -4.35. The van der Waals surface area contributed by atoms with Gasteiger partial charge in [0.1, 0.15) is 28.7 Å². The number of primary amides is 1. The molecule has 0 unspecified atom stereocenters. The average molecular weight is 537 g/mol. The van der Waals surface area contributed by atoms with Gasteiger partial charge in [0.25, 0.3) is 5.91 Å². The maximum atomic E-state index is 14.0. The predicted octanol–water partition coefficient (Wildman–Crippen LogP) is 1.74. The SMILES string of the molecule is CN(C)[C@H]1C(O)=C(C(N)=O)C(=O)[C@]2(O)C(O)=C3C(=O)c4c(O)ccc(-c5ccc(F)c(C=O)c5)c4C[C@@H]3C[C@@H]12. The number of fused-ring (bicyclic) bond motifs is 3. The van der Waals surface area contributed by atoms with E-state index in [1.807, 2.05) is 0 Å². The van der Waals surface area contributed by atoms with Gasteiger partial charge in [0.2, 0.25) is 5.78 Å². The molecule has 0 fully saturated rings. The lowest BCUT2D eigenvalue weighted by molar-refractivity contribution is -0.148. The number of aldehydes is 1. The largest absolute Gasteiger partial charge is 0.510 e. The van der Waals surface area contributed by atoms with Crippen molar-refractivity contribution in [2.24, 2.45) is 17.6 Å². The summed E-state index contributed by atoms with van der Waals surface area (Å²) in [6.07, 6.45) is 0.357. The van der Waals surface area contributed by atoms with E-state index < -0.39 is 69.6 Å². The minimum absolute atomic E-state index is 0.0616. The van der Waals surface area contributed by atoms with Crippen LogP contribution in [0.25, 0.3) is 11.1 Å². The molecule has 11 heteroatoms. The van der Waals surface area contributed by atoms with Crippen LogP contribution in [0.15, 0.2) is 53.0 Å². The van der Waals surface area contributed by atoms with E-state index >= 15 is 0 Å². The summed E-state index contributed by atoms with van der Waals surface area (Å²) in [5, 5.41) is 44.5. The molecule has 5 rings (SSSR count). The van der Waals surface area contributed by atoms with Crippen LogP contribution in [-0.4, -0.2) is 74.8 Å². The number of carbonyl (C=O) groups is 4. The Kier molecular flexibility index (Phi) is 5.96. The third kappa shape index (κ3) is 3.53. The monoisotopic (exact) mass is 536 g/mol. The summed E-state index contributed by atoms with van der Waals surface area (Å²) in [7, 11) is 3.09. The van der Waals surface area contributed by atoms with Crippen molar-refractivity contribution >= 4 is 23.8 Å². The second-order valence-electron chi connectivity index (χ2n) is 10.3. The molecular formula is C28H25FN2O8. The number of carbonyl (C=O) groups excluding carboxylic acids is 4. The quantitative estimate of drug-likeness (QED) is 0.287. The third-order valence-corrected chi connectivity index (χ3v) is 8.04. The van der Waals surface area contributed by atoms with Crippen LogP contribution in [0, 0.1) is 17.7 Å². The molecule has 0 aromatic heterocycles. The Bertz CT molecular complexity index is 1560. The molecule has 1 amide bonds. The van der Waals surface area contributed by atoms with Crippen molar-refractivity contribution in [2.75, 3.05) is 14.1 Å². The topological polar surface area (TPSA) is 178 Å². The van der Waals surface area contributed by atoms with E-state index in [2.05, 4.69) is 0 Å². The van der Waals surface area contributed by atoms with Crippen molar-refractivity contribution in [2.45, 2.75) is 24.5 Å². The van der Waals surface area contributed by atoms with Gasteiger partial charge in [0.15, 0.2) is 17.7 Å². The van der Waals surface area contributed by atoms with E-state index in [9.17, 15) is 44.0 Å². The van der Waals surface area contributed by atoms with E-state index in [1.54, 1.807) is 14.1 Å². The molecule has 0 saturated heterocycles. The summed E-state index contributed by atoms with van der Waals surface area (Å²) in [6, 6.07) is 5.52. The lowest BCUT2D eigenvalue weighted by atomic mass is 9.58. The molecule has 0 bridgehead atoms. The van der Waals surface area contributed by atoms with Gasteiger partial charge in [-0.1, -0.05) is 12.1 Å². The van der Waals surface area contributed by atoms with E-state index in [0.717, 1.165) is 6.07 Å². The first-order valence-corrected chi connectivity index (χ1v) is 12.1. The van der Waals surface area contributed by atoms with Crippen LogP contribution >= 0.6 is 0 Å². The van der Waals surface area contributed by atoms with Gasteiger partial charge in [-0.2, -0.15) is 0 Å². The highest BCUT2D eigenvalue weighted by atomic mass is 19.1. The maximum absolute atomic E-state index is 14.0. The van der Waals surface area contributed by atoms with Crippen molar-refractivity contribution < 1.29 is 44.0 Å². The first kappa shape index (κ1) is 26.3. The molecule has 0 spiro atoms. The summed E-state index contributed by atoms with van der Waals surface area (Å²) < 4.78 is 14.0. The summed E-state index contributed by atoms with van der Waals surface area (Å²) >= 11 is 0. The van der Waals surface area contributed by atoms with Crippen LogP contribution in [0.5, 0.6) is 5.75 Å². The Balaban J connectivity index is 1.72. The Morgan fingerprint density at radius 3 is 2.46 bits per heavy atom. The van der Waals surface area contributed by atoms with Crippen LogP contribution in [0.4, 0.5) is 4.39 Å². The molecule has 3 aliphatic carbocycles. The van der Waals surface area contributed by atoms with Gasteiger partial charge in [-0.25, -0.2) is 4.39 Å². The summed E-state index contributed by atoms with van der Waals surface area (Å²) in [4.78, 5) is 52.0. The first-order chi connectivity index (χ1) is 18.3. The number of benzene rings is 2. The molecular weight excluding hydrogens is 511 g/mol. The van der Waals surface area contributed by atoms with Gasteiger partial charge in [-0.3, -0.25) is 24.1 Å². The maximum Gasteiger partial charge on any atom is 0.255 e. The molecule has 10 nitrogen and oxygen atoms in total. The lowest BCUT2D eigenvalue weighted by Gasteiger charge is -2.50. The van der Waals surface area contributed by atoms with Crippen LogP contribution in [0.1, 0.15) is 32.7 Å². The van der Waals surface area contributed by atoms with Crippen molar-refractivity contribution in [1.29, 1.82) is 0 Å². The Labute approximate surface area is 221 Å². The Morgan fingerprint density at radius 1 is 1.15 bits per heavy atom. The third-order valence-electron chi connectivity index (χ3n) is 8.04. The number of aliphatic hydroxyl groups excluding tert-OH is 2. The van der Waals surface area contributed by atoms with Gasteiger partial charge in [0.05, 0.1) is 17.2 Å². The number of likely N-dealkylation sites (N-methyl/N-ethyl adjacent to an activating group) is 1. The number of aromatic hydroxyl groups is 1. The molecule has 4 atom stereocenters. The molecule has 6 N–H and O–H groups in total. The van der Waals surface area contributed by atoms with E-state index in [-0.39, 0.29) is 29.5 Å². The zero-order valence-corrected chi connectivity index (χ0v) is 20.9. The number of allylic oxidation sites excluding steroid dienone is 1. The molecule has 202 valence electrons. The fourth-order valence-electron chi connectivity index (χ4n) is 6.32. The first-order valence-electron chi connectivity index (χ1n) is 12.1. The van der Waals surface area contributed by atoms with Crippen molar-refractivity contribution in [3.63, 3.8) is 0 Å². The minimum Gasteiger partial charge on any atom is -0.510 e. The highest BCUT2D eigenvalue weighted by molar-refractivity contribution is 6.24. The number of hydrogen-bond acceptors (Lipinski definition) is 9. The molecule has 0 aliphatic heterocycles. The van der Waals surface area contributed by atoms with Crippen LogP contribution in [0.2, 0.25) is 0 Å². The van der Waals surface area contributed by atoms with Gasteiger partial charge < -0.3 is 26.2 Å². The molecule has 39 heavy (non-hydrogen) atoms. The molecule has 0 radical (unpaired) electrons. The zero-order chi connectivity index (χ0) is 28.5. The molecule has 2 aromatic rings. The van der Waals surface area contributed by atoms with Crippen LogP contribution < -0.4 is 5.73 Å². The van der Waals surface area contributed by atoms with E-state index in [1.165, 1.54) is 29.2 Å². The average Bonchev–Trinajstić information content (AvgIpc) is 2.86. The van der Waals surface area contributed by atoms with Gasteiger partial charge >= 0.3 is 0 Å². The molecule has 0 saturated carbocycles. The number of nitrogens with zero attached hydrogens (tertiary/aromatic N) is 1. The van der Waals surface area contributed by atoms with Crippen LogP contribution in [-0.2, 0) is 16.0 Å². The van der Waals surface area contributed by atoms with Gasteiger partial charge in [0, 0.05) is 11.5 Å². The van der Waals surface area contributed by atoms with Gasteiger partial charge in [-0.15, -0.1) is 0 Å². The van der Waals surface area contributed by atoms with Crippen molar-refractivity contribution in [1.82, 2.24) is 4.90 Å². The number of amides is 1. The number of rotatable bonds is 4. The number of Topliss-reactive ketones (excluding diaryl/α,β-unsaturated/α-hetero) is 2. The predicted molar refractivity (Wildman–Crippen MR) is 134 cm³/mol. The van der Waals surface area contributed by atoms with E-state index in [0.29, 0.717) is 23.0 Å². The Morgan fingerprint density at radius 2 is 1.85 bits per heavy atom. The van der Waals surface area contributed by atoms with Crippen molar-refractivity contribution in [3.05, 3.63) is 75.5 Å². The summed E-state index contributed by atoms with van der Waals surface area (Å²) in [6.45, 7) is 0. The number of aliphatic hydroxyl groups is 3. The second-order valence-corrected chi connectivity index (χ2v) is 10.3. The minimum atomic E-state index is -2.73. The smallest absolute Gasteiger partial charge is 0.255 e. The number of nitrogens with two attached hydrogens (primary N) is 1. The fourth-order valence-corrected chi connectivity index (χ4v) is 6.32.